The highest BCUT2D eigenvalue weighted by atomic mass is 16.3. The number of fused-ring (bicyclic) bond motifs is 9. The largest absolute Gasteiger partial charge is 0.456 e. The summed E-state index contributed by atoms with van der Waals surface area (Å²) >= 11 is 0. The van der Waals surface area contributed by atoms with Gasteiger partial charge in [-0.05, 0) is 60.7 Å². The molecule has 6 nitrogen and oxygen atoms in total. The van der Waals surface area contributed by atoms with E-state index >= 15 is 0 Å². The number of hydrogen-bond acceptors (Lipinski definition) is 5. The van der Waals surface area contributed by atoms with Crippen LogP contribution in [0.25, 0.3) is 106 Å². The number of para-hydroxylation sites is 4. The van der Waals surface area contributed by atoms with Crippen molar-refractivity contribution in [3.63, 3.8) is 0 Å². The lowest BCUT2D eigenvalue weighted by molar-refractivity contribution is 0.669. The van der Waals surface area contributed by atoms with Gasteiger partial charge in [-0.25, -0.2) is 15.0 Å². The molecule has 11 rings (SSSR count). The average Bonchev–Trinajstić information content (AvgIpc) is 3.91. The molecule has 0 radical (unpaired) electrons. The Hall–Kier alpha value is -7.05. The molecule has 11 aromatic rings. The molecule has 6 heteroatoms. The average molecular weight is 660 g/mol. The van der Waals surface area contributed by atoms with E-state index < -0.39 is 30.2 Å². The summed E-state index contributed by atoms with van der Waals surface area (Å²) in [5.74, 6) is 0.424. The third kappa shape index (κ3) is 4.26. The van der Waals surface area contributed by atoms with E-state index in [2.05, 4.69) is 53.1 Å². The Labute approximate surface area is 297 Å². The molecule has 0 atom stereocenters. The molecule has 0 unspecified atom stereocenters. The van der Waals surface area contributed by atoms with Gasteiger partial charge >= 0.3 is 0 Å². The minimum absolute atomic E-state index is 0.0547. The van der Waals surface area contributed by atoms with Gasteiger partial charge in [-0.2, -0.15) is 0 Å². The molecule has 7 aromatic carbocycles. The van der Waals surface area contributed by atoms with Crippen LogP contribution in [0.3, 0.4) is 0 Å². The fraction of sp³-hybridized carbons (Fsp3) is 0. The van der Waals surface area contributed by atoms with E-state index in [1.54, 1.807) is 0 Å². The molecule has 0 spiro atoms. The molecule has 0 aliphatic carbocycles. The highest BCUT2D eigenvalue weighted by molar-refractivity contribution is 6.12. The Kier molecular flexibility index (Phi) is 4.91. The van der Waals surface area contributed by atoms with Crippen LogP contribution in [-0.4, -0.2) is 19.5 Å². The molecular weight excluding hydrogens is 629 g/mol. The third-order valence-electron chi connectivity index (χ3n) is 9.55. The lowest BCUT2D eigenvalue weighted by atomic mass is 10.1. The van der Waals surface area contributed by atoms with Crippen LogP contribution in [0.1, 0.15) is 6.85 Å². The molecule has 4 aromatic heterocycles. The SMILES string of the molecule is [2H]c1c([2H])c([2H])c(-c2nc(-c3ccc4oc5ccccc5c4c3)nc(-c3cccc4c3oc3ccc(-n5c6ccccc6c6ccccc65)cc34)n2)c([2H])c1[2H]. The van der Waals surface area contributed by atoms with Crippen LogP contribution in [0.15, 0.2) is 166 Å². The van der Waals surface area contributed by atoms with Crippen molar-refractivity contribution in [2.75, 3.05) is 0 Å². The second-order valence-electron chi connectivity index (χ2n) is 12.4. The van der Waals surface area contributed by atoms with Crippen LogP contribution in [0.5, 0.6) is 0 Å². The Morgan fingerprint density at radius 3 is 1.86 bits per heavy atom. The summed E-state index contributed by atoms with van der Waals surface area (Å²) in [6, 6.07) is 39.8. The van der Waals surface area contributed by atoms with E-state index in [1.165, 1.54) is 10.8 Å². The number of rotatable bonds is 4. The molecule has 51 heavy (non-hydrogen) atoms. The van der Waals surface area contributed by atoms with Gasteiger partial charge in [-0.3, -0.25) is 0 Å². The second-order valence-corrected chi connectivity index (χ2v) is 12.4. The van der Waals surface area contributed by atoms with Crippen molar-refractivity contribution < 1.29 is 15.7 Å². The summed E-state index contributed by atoms with van der Waals surface area (Å²) < 4.78 is 57.5. The van der Waals surface area contributed by atoms with E-state index in [-0.39, 0.29) is 23.0 Å². The van der Waals surface area contributed by atoms with Crippen LogP contribution < -0.4 is 0 Å². The normalized spacial score (nSPS) is 13.3. The number of nitrogens with zero attached hydrogens (tertiary/aromatic N) is 4. The number of benzene rings is 7. The molecule has 0 saturated heterocycles. The second kappa shape index (κ2) is 10.7. The summed E-state index contributed by atoms with van der Waals surface area (Å²) in [6.45, 7) is 0. The zero-order valence-corrected chi connectivity index (χ0v) is 26.7. The first-order chi connectivity index (χ1) is 27.3. The standard InChI is InChI=1S/C45H26N4O2/c1-2-11-27(12-3-1)43-46-44(28-21-23-40-35(25-28)32-15-6-9-20-39(32)50-40)48-45(47-43)34-17-10-16-33-36-26-29(22-24-41(36)51-42(33)34)49-37-18-7-4-13-30(37)31-14-5-8-19-38(31)49/h1-26H/i1D,2D,3D,11D,12D. The van der Waals surface area contributed by atoms with E-state index in [1.807, 2.05) is 78.9 Å². The Morgan fingerprint density at radius 2 is 1.06 bits per heavy atom. The summed E-state index contributed by atoms with van der Waals surface area (Å²) in [5.41, 5.74) is 6.91. The first kappa shape index (κ1) is 23.3. The lowest BCUT2D eigenvalue weighted by Gasteiger charge is -2.09. The van der Waals surface area contributed by atoms with Gasteiger partial charge in [0.15, 0.2) is 17.5 Å². The Bertz CT molecular complexity index is 3380. The van der Waals surface area contributed by atoms with E-state index in [4.69, 9.17) is 30.6 Å². The van der Waals surface area contributed by atoms with Gasteiger partial charge in [0.25, 0.3) is 0 Å². The van der Waals surface area contributed by atoms with Gasteiger partial charge in [0, 0.05) is 49.1 Å². The zero-order valence-electron chi connectivity index (χ0n) is 31.7. The lowest BCUT2D eigenvalue weighted by Crippen LogP contribution is -2.00. The summed E-state index contributed by atoms with van der Waals surface area (Å²) in [7, 11) is 0. The highest BCUT2D eigenvalue weighted by Gasteiger charge is 2.20. The van der Waals surface area contributed by atoms with Crippen molar-refractivity contribution in [2.24, 2.45) is 0 Å². The predicted molar refractivity (Wildman–Crippen MR) is 205 cm³/mol. The smallest absolute Gasteiger partial charge is 0.167 e. The third-order valence-corrected chi connectivity index (χ3v) is 9.55. The first-order valence-electron chi connectivity index (χ1n) is 19.0. The maximum atomic E-state index is 8.78. The van der Waals surface area contributed by atoms with Crippen LogP contribution in [-0.2, 0) is 0 Å². The molecule has 0 aliphatic rings. The number of furan rings is 2. The van der Waals surface area contributed by atoms with Gasteiger partial charge in [0.2, 0.25) is 0 Å². The van der Waals surface area contributed by atoms with Gasteiger partial charge in [0.05, 0.1) is 23.5 Å². The van der Waals surface area contributed by atoms with Crippen LogP contribution >= 0.6 is 0 Å². The van der Waals surface area contributed by atoms with Crippen LogP contribution in [0.4, 0.5) is 0 Å². The molecule has 0 bridgehead atoms. The maximum Gasteiger partial charge on any atom is 0.167 e. The summed E-state index contributed by atoms with van der Waals surface area (Å²) in [5, 5.41) is 5.88. The van der Waals surface area contributed by atoms with Crippen molar-refractivity contribution in [2.45, 2.75) is 0 Å². The molecule has 238 valence electrons. The van der Waals surface area contributed by atoms with Crippen molar-refractivity contribution >= 4 is 65.7 Å². The first-order valence-corrected chi connectivity index (χ1v) is 16.5. The van der Waals surface area contributed by atoms with Crippen LogP contribution in [0.2, 0.25) is 0 Å². The minimum atomic E-state index is -0.497. The number of aromatic nitrogens is 4. The molecule has 0 N–H and O–H groups in total. The Morgan fingerprint density at radius 1 is 0.451 bits per heavy atom. The molecule has 0 fully saturated rings. The molecule has 0 aliphatic heterocycles. The fourth-order valence-electron chi connectivity index (χ4n) is 7.27. The topological polar surface area (TPSA) is 69.9 Å². The molecule has 4 heterocycles. The summed E-state index contributed by atoms with van der Waals surface area (Å²) in [4.78, 5) is 14.5. The minimum Gasteiger partial charge on any atom is -0.456 e. The van der Waals surface area contributed by atoms with E-state index in [0.29, 0.717) is 27.9 Å². The van der Waals surface area contributed by atoms with Crippen molar-refractivity contribution in [1.29, 1.82) is 0 Å². The van der Waals surface area contributed by atoms with E-state index in [0.717, 1.165) is 43.8 Å². The molecule has 0 saturated carbocycles. The van der Waals surface area contributed by atoms with Crippen molar-refractivity contribution in [1.82, 2.24) is 19.5 Å². The zero-order chi connectivity index (χ0) is 37.8. The number of hydrogen-bond donors (Lipinski definition) is 0. The monoisotopic (exact) mass is 659 g/mol. The van der Waals surface area contributed by atoms with Crippen LogP contribution in [0, 0.1) is 0 Å². The predicted octanol–water partition coefficient (Wildman–Crippen LogP) is 11.8. The van der Waals surface area contributed by atoms with Gasteiger partial charge < -0.3 is 13.4 Å². The fourth-order valence-corrected chi connectivity index (χ4v) is 7.27. The van der Waals surface area contributed by atoms with E-state index in [9.17, 15) is 0 Å². The van der Waals surface area contributed by atoms with Gasteiger partial charge in [-0.15, -0.1) is 0 Å². The Balaban J connectivity index is 1.14. The van der Waals surface area contributed by atoms with Crippen molar-refractivity contribution in [3.8, 4) is 39.9 Å². The maximum absolute atomic E-state index is 8.78. The molecular formula is C45H26N4O2. The molecule has 0 amide bonds. The highest BCUT2D eigenvalue weighted by Crippen LogP contribution is 2.39. The van der Waals surface area contributed by atoms with Gasteiger partial charge in [0.1, 0.15) is 22.3 Å². The van der Waals surface area contributed by atoms with Gasteiger partial charge in [-0.1, -0.05) is 96.9 Å². The quantitative estimate of drug-likeness (QED) is 0.188. The summed E-state index contributed by atoms with van der Waals surface area (Å²) in [6.07, 6.45) is 0. The van der Waals surface area contributed by atoms with Crippen molar-refractivity contribution in [3.05, 3.63) is 158 Å².